The zero-order valence-electron chi connectivity index (χ0n) is 7.71. The average Bonchev–Trinajstić information content (AvgIpc) is 1.99. The smallest absolute Gasteiger partial charge is 0.407 e. The van der Waals surface area contributed by atoms with Gasteiger partial charge in [-0.2, -0.15) is 0 Å². The maximum absolute atomic E-state index is 10.6. The monoisotopic (exact) mass is 185 g/mol. The van der Waals surface area contributed by atoms with Gasteiger partial charge in [0.25, 0.3) is 0 Å². The van der Waals surface area contributed by atoms with E-state index in [1.165, 1.54) is 4.90 Å². The molecule has 1 amide bonds. The van der Waals surface area contributed by atoms with Crippen molar-refractivity contribution >= 4 is 6.09 Å². The van der Waals surface area contributed by atoms with Crippen LogP contribution in [-0.2, 0) is 0 Å². The number of nitrogens with zero attached hydrogens (tertiary/aromatic N) is 1. The molecule has 0 bridgehead atoms. The van der Waals surface area contributed by atoms with Crippen molar-refractivity contribution in [2.24, 2.45) is 0 Å². The standard InChI is InChI=1S/C8H15N3O2/c1-6-2-9-3-8(10-6)4-11(5-8)7(12)13/h6,9-10H,2-5H2,1H3,(H,12,13). The number of nitrogens with one attached hydrogen (secondary N) is 2. The van der Waals surface area contributed by atoms with Gasteiger partial charge < -0.3 is 20.6 Å². The van der Waals surface area contributed by atoms with Gasteiger partial charge in [0.05, 0.1) is 5.54 Å². The third-order valence-corrected chi connectivity index (χ3v) is 2.72. The van der Waals surface area contributed by atoms with Crippen LogP contribution in [0.1, 0.15) is 6.92 Å². The molecule has 1 spiro atoms. The maximum atomic E-state index is 10.6. The first-order valence-electron chi connectivity index (χ1n) is 4.58. The minimum absolute atomic E-state index is 0.00998. The van der Waals surface area contributed by atoms with Gasteiger partial charge in [0.2, 0.25) is 0 Å². The van der Waals surface area contributed by atoms with Gasteiger partial charge in [-0.15, -0.1) is 0 Å². The quantitative estimate of drug-likeness (QED) is 0.467. The summed E-state index contributed by atoms with van der Waals surface area (Å²) in [6, 6.07) is 0.435. The van der Waals surface area contributed by atoms with Crippen molar-refractivity contribution in [3.63, 3.8) is 0 Å². The third kappa shape index (κ3) is 1.49. The van der Waals surface area contributed by atoms with Gasteiger partial charge in [-0.05, 0) is 6.92 Å². The Labute approximate surface area is 77.1 Å². The average molecular weight is 185 g/mol. The molecule has 13 heavy (non-hydrogen) atoms. The van der Waals surface area contributed by atoms with E-state index in [2.05, 4.69) is 17.6 Å². The summed E-state index contributed by atoms with van der Waals surface area (Å²) in [6.07, 6.45) is -0.814. The molecule has 1 unspecified atom stereocenters. The van der Waals surface area contributed by atoms with E-state index in [1.807, 2.05) is 0 Å². The molecule has 2 aliphatic heterocycles. The number of rotatable bonds is 0. The molecule has 2 saturated heterocycles. The Bertz CT molecular complexity index is 225. The van der Waals surface area contributed by atoms with Crippen LogP contribution in [0.2, 0.25) is 0 Å². The highest BCUT2D eigenvalue weighted by Crippen LogP contribution is 2.22. The van der Waals surface area contributed by atoms with Crippen LogP contribution in [0, 0.1) is 0 Å². The highest BCUT2D eigenvalue weighted by atomic mass is 16.4. The molecular weight excluding hydrogens is 170 g/mol. The van der Waals surface area contributed by atoms with Crippen molar-refractivity contribution in [3.05, 3.63) is 0 Å². The highest BCUT2D eigenvalue weighted by Gasteiger charge is 2.47. The Kier molecular flexibility index (Phi) is 1.92. The second kappa shape index (κ2) is 2.85. The van der Waals surface area contributed by atoms with Crippen LogP contribution >= 0.6 is 0 Å². The first-order valence-corrected chi connectivity index (χ1v) is 4.58. The molecule has 3 N–H and O–H groups in total. The van der Waals surface area contributed by atoms with Crippen LogP contribution in [0.4, 0.5) is 4.79 Å². The molecule has 0 aliphatic carbocycles. The van der Waals surface area contributed by atoms with Gasteiger partial charge in [0.1, 0.15) is 0 Å². The van der Waals surface area contributed by atoms with Crippen LogP contribution in [-0.4, -0.2) is 53.9 Å². The lowest BCUT2D eigenvalue weighted by Crippen LogP contribution is -2.78. The summed E-state index contributed by atoms with van der Waals surface area (Å²) in [7, 11) is 0. The van der Waals surface area contributed by atoms with E-state index < -0.39 is 6.09 Å². The van der Waals surface area contributed by atoms with E-state index >= 15 is 0 Å². The van der Waals surface area contributed by atoms with Gasteiger partial charge in [-0.1, -0.05) is 0 Å². The van der Waals surface area contributed by atoms with Gasteiger partial charge in [0, 0.05) is 32.2 Å². The van der Waals surface area contributed by atoms with E-state index in [1.54, 1.807) is 0 Å². The Morgan fingerprint density at radius 3 is 2.85 bits per heavy atom. The lowest BCUT2D eigenvalue weighted by molar-refractivity contribution is 0.0260. The molecule has 5 nitrogen and oxygen atoms in total. The fourth-order valence-electron chi connectivity index (χ4n) is 2.18. The van der Waals surface area contributed by atoms with Crippen LogP contribution in [0.3, 0.4) is 0 Å². The molecule has 2 fully saturated rings. The van der Waals surface area contributed by atoms with Crippen molar-refractivity contribution in [2.75, 3.05) is 26.2 Å². The zero-order chi connectivity index (χ0) is 9.47. The van der Waals surface area contributed by atoms with Crippen LogP contribution < -0.4 is 10.6 Å². The SMILES string of the molecule is CC1CNCC2(CN(C(=O)O)C2)N1. The summed E-state index contributed by atoms with van der Waals surface area (Å²) in [6.45, 7) is 5.17. The van der Waals surface area contributed by atoms with Gasteiger partial charge in [0.15, 0.2) is 0 Å². The minimum atomic E-state index is -0.814. The number of amides is 1. The molecule has 0 saturated carbocycles. The molecule has 2 rings (SSSR count). The number of carbonyl (C=O) groups is 1. The summed E-state index contributed by atoms with van der Waals surface area (Å²) in [5, 5.41) is 15.4. The van der Waals surface area contributed by atoms with Crippen LogP contribution in [0.15, 0.2) is 0 Å². The minimum Gasteiger partial charge on any atom is -0.465 e. The topological polar surface area (TPSA) is 64.6 Å². The lowest BCUT2D eigenvalue weighted by atomic mass is 9.87. The fourth-order valence-corrected chi connectivity index (χ4v) is 2.18. The number of piperazine rings is 1. The molecule has 0 aromatic heterocycles. The predicted molar refractivity (Wildman–Crippen MR) is 47.8 cm³/mol. The molecule has 0 aromatic rings. The van der Waals surface area contributed by atoms with Gasteiger partial charge in [-0.3, -0.25) is 0 Å². The first-order chi connectivity index (χ1) is 6.11. The molecule has 0 aromatic carbocycles. The fraction of sp³-hybridized carbons (Fsp3) is 0.875. The maximum Gasteiger partial charge on any atom is 0.407 e. The second-order valence-electron chi connectivity index (χ2n) is 4.10. The van der Waals surface area contributed by atoms with E-state index in [4.69, 9.17) is 5.11 Å². The molecule has 5 heteroatoms. The third-order valence-electron chi connectivity index (χ3n) is 2.72. The Hall–Kier alpha value is -0.810. The van der Waals surface area contributed by atoms with Crippen LogP contribution in [0.5, 0.6) is 0 Å². The zero-order valence-corrected chi connectivity index (χ0v) is 7.71. The van der Waals surface area contributed by atoms with E-state index in [0.717, 1.165) is 13.1 Å². The first kappa shape index (κ1) is 8.77. The van der Waals surface area contributed by atoms with Crippen molar-refractivity contribution in [2.45, 2.75) is 18.5 Å². The normalized spacial score (nSPS) is 31.5. The number of hydrogen-bond acceptors (Lipinski definition) is 3. The van der Waals surface area contributed by atoms with Gasteiger partial charge in [-0.25, -0.2) is 4.79 Å². The van der Waals surface area contributed by atoms with Crippen molar-refractivity contribution in [1.82, 2.24) is 15.5 Å². The molecule has 74 valence electrons. The van der Waals surface area contributed by atoms with Gasteiger partial charge >= 0.3 is 6.09 Å². The Morgan fingerprint density at radius 1 is 1.62 bits per heavy atom. The summed E-state index contributed by atoms with van der Waals surface area (Å²) in [5.41, 5.74) is 0.00998. The Morgan fingerprint density at radius 2 is 2.31 bits per heavy atom. The molecule has 2 aliphatic rings. The number of hydrogen-bond donors (Lipinski definition) is 3. The summed E-state index contributed by atoms with van der Waals surface area (Å²) in [4.78, 5) is 12.0. The molecule has 2 heterocycles. The summed E-state index contributed by atoms with van der Waals surface area (Å²) < 4.78 is 0. The van der Waals surface area contributed by atoms with E-state index in [0.29, 0.717) is 19.1 Å². The molecule has 0 radical (unpaired) electrons. The highest BCUT2D eigenvalue weighted by molar-refractivity contribution is 5.66. The van der Waals surface area contributed by atoms with E-state index in [9.17, 15) is 4.79 Å². The number of carboxylic acid groups (broad SMARTS) is 1. The predicted octanol–water partition coefficient (Wildman–Crippen LogP) is -0.700. The van der Waals surface area contributed by atoms with Crippen molar-refractivity contribution < 1.29 is 9.90 Å². The molecule has 1 atom stereocenters. The summed E-state index contributed by atoms with van der Waals surface area (Å²) in [5.74, 6) is 0. The van der Waals surface area contributed by atoms with Crippen molar-refractivity contribution in [1.29, 1.82) is 0 Å². The number of likely N-dealkylation sites (tertiary alicyclic amines) is 1. The lowest BCUT2D eigenvalue weighted by Gasteiger charge is -2.53. The Balaban J connectivity index is 1.91. The van der Waals surface area contributed by atoms with Crippen LogP contribution in [0.25, 0.3) is 0 Å². The molecular formula is C8H15N3O2. The van der Waals surface area contributed by atoms with E-state index in [-0.39, 0.29) is 5.54 Å². The second-order valence-corrected chi connectivity index (χ2v) is 4.10. The largest absolute Gasteiger partial charge is 0.465 e. The van der Waals surface area contributed by atoms with Crippen molar-refractivity contribution in [3.8, 4) is 0 Å². The summed E-state index contributed by atoms with van der Waals surface area (Å²) >= 11 is 0.